The minimum Gasteiger partial charge on any atom is -0.352 e. The number of fused-ring (bicyclic) bond motifs is 12. The van der Waals surface area contributed by atoms with E-state index >= 15 is 4.79 Å². The fraction of sp³-hybridized carbons (Fsp3) is 0.216. The first-order valence-corrected chi connectivity index (χ1v) is 17.3. The molecule has 6 aromatic rings. The van der Waals surface area contributed by atoms with Gasteiger partial charge in [-0.2, -0.15) is 0 Å². The van der Waals surface area contributed by atoms with Crippen LogP contribution in [0.5, 0.6) is 0 Å². The van der Waals surface area contributed by atoms with Crippen LogP contribution in [0.2, 0.25) is 10.0 Å². The second-order valence-corrected chi connectivity index (χ2v) is 14.6. The molecule has 0 saturated carbocycles. The average molecular weight is 646 g/mol. The number of aromatic nitrogens is 3. The van der Waals surface area contributed by atoms with Gasteiger partial charge >= 0.3 is 0 Å². The molecule has 220 valence electrons. The van der Waals surface area contributed by atoms with Crippen LogP contribution in [-0.2, 0) is 12.0 Å². The van der Waals surface area contributed by atoms with Crippen molar-refractivity contribution in [1.82, 2.24) is 19.9 Å². The molecule has 0 radical (unpaired) electrons. The molecule has 4 atom stereocenters. The van der Waals surface area contributed by atoms with E-state index in [0.29, 0.717) is 22.2 Å². The van der Waals surface area contributed by atoms with Crippen molar-refractivity contribution in [3.05, 3.63) is 129 Å². The number of para-hydroxylation sites is 2. The number of hydrogen-bond acceptors (Lipinski definition) is 5. The topological polar surface area (TPSA) is 61.9 Å². The van der Waals surface area contributed by atoms with Gasteiger partial charge in [-0.1, -0.05) is 71.7 Å². The van der Waals surface area contributed by atoms with Gasteiger partial charge in [0.25, 0.3) is 0 Å². The van der Waals surface area contributed by atoms with E-state index in [1.165, 1.54) is 0 Å². The molecule has 2 aliphatic carbocycles. The highest BCUT2D eigenvalue weighted by molar-refractivity contribution is 7.99. The van der Waals surface area contributed by atoms with E-state index in [4.69, 9.17) is 33.2 Å². The molecule has 0 bridgehead atoms. The Kier molecular flexibility index (Phi) is 5.42. The van der Waals surface area contributed by atoms with E-state index in [1.54, 1.807) is 0 Å². The van der Waals surface area contributed by atoms with Gasteiger partial charge in [0.15, 0.2) is 5.78 Å². The normalized spacial score (nSPS) is 26.6. The first-order chi connectivity index (χ1) is 22.0. The number of hydrogen-bond donors (Lipinski definition) is 1. The Morgan fingerprint density at radius 3 is 2.49 bits per heavy atom. The summed E-state index contributed by atoms with van der Waals surface area (Å²) >= 11 is 14.9. The number of thioether (sulfide) groups is 1. The summed E-state index contributed by atoms with van der Waals surface area (Å²) in [6.07, 6.45) is 1.42. The summed E-state index contributed by atoms with van der Waals surface area (Å²) in [6.45, 7) is 0. The van der Waals surface area contributed by atoms with Crippen molar-refractivity contribution < 1.29 is 4.79 Å². The smallest absolute Gasteiger partial charge is 0.188 e. The van der Waals surface area contributed by atoms with E-state index < -0.39 is 11.0 Å². The second kappa shape index (κ2) is 9.20. The summed E-state index contributed by atoms with van der Waals surface area (Å²) in [5.41, 5.74) is 7.89. The molecule has 10 rings (SSSR count). The molecule has 8 heteroatoms. The van der Waals surface area contributed by atoms with Crippen molar-refractivity contribution in [2.45, 2.75) is 30.3 Å². The maximum Gasteiger partial charge on any atom is 0.188 e. The number of rotatable bonds is 1. The first-order valence-electron chi connectivity index (χ1n) is 15.3. The third-order valence-corrected chi connectivity index (χ3v) is 12.4. The van der Waals surface area contributed by atoms with Gasteiger partial charge in [0.05, 0.1) is 33.5 Å². The highest BCUT2D eigenvalue weighted by Crippen LogP contribution is 2.73. The number of aromatic amines is 1. The van der Waals surface area contributed by atoms with Gasteiger partial charge in [-0.3, -0.25) is 9.69 Å². The van der Waals surface area contributed by atoms with Crippen LogP contribution < -0.4 is 0 Å². The minimum absolute atomic E-state index is 0.0901. The van der Waals surface area contributed by atoms with Gasteiger partial charge in [-0.25, -0.2) is 9.97 Å². The lowest BCUT2D eigenvalue weighted by molar-refractivity contribution is 0.0410. The predicted octanol–water partition coefficient (Wildman–Crippen LogP) is 8.63. The molecular weight excluding hydrogens is 619 g/mol. The Hall–Kier alpha value is -3.68. The van der Waals surface area contributed by atoms with Crippen LogP contribution >= 0.6 is 35.0 Å². The Bertz CT molecular complexity index is 2250. The van der Waals surface area contributed by atoms with Crippen LogP contribution in [0.3, 0.4) is 0 Å². The van der Waals surface area contributed by atoms with Crippen LogP contribution in [0.25, 0.3) is 33.2 Å². The first kappa shape index (κ1) is 26.5. The summed E-state index contributed by atoms with van der Waals surface area (Å²) in [7, 11) is 0. The largest absolute Gasteiger partial charge is 0.352 e. The molecule has 0 amide bonds. The van der Waals surface area contributed by atoms with Crippen LogP contribution in [0.4, 0.5) is 0 Å². The predicted molar refractivity (Wildman–Crippen MR) is 181 cm³/mol. The molecule has 2 saturated heterocycles. The summed E-state index contributed by atoms with van der Waals surface area (Å²) < 4.78 is 0. The van der Waals surface area contributed by atoms with E-state index in [9.17, 15) is 0 Å². The lowest BCUT2D eigenvalue weighted by Crippen LogP contribution is -2.57. The van der Waals surface area contributed by atoms with Gasteiger partial charge in [0, 0.05) is 50.1 Å². The molecule has 2 fully saturated rings. The molecule has 4 heterocycles. The maximum atomic E-state index is 15.8. The SMILES string of the molecule is O=C1c2[nH]c3ccc(Cl)cc3c2CC[C@@]12[C@@H](c1ccc(Cl)cc1)C1CSCN1C21c2ccccc2-c2nc3ccccc3nc21. The number of nitrogens with zero attached hydrogens (tertiary/aromatic N) is 3. The number of aryl methyl sites for hydroxylation is 1. The monoisotopic (exact) mass is 644 g/mol. The highest BCUT2D eigenvalue weighted by Gasteiger charge is 2.76. The average Bonchev–Trinajstić information content (AvgIpc) is 3.80. The molecular formula is C37H26Cl2N4OS. The summed E-state index contributed by atoms with van der Waals surface area (Å²) in [5.74, 6) is 1.79. The van der Waals surface area contributed by atoms with E-state index in [2.05, 4.69) is 46.3 Å². The van der Waals surface area contributed by atoms with Crippen molar-refractivity contribution >= 4 is 62.7 Å². The zero-order valence-electron chi connectivity index (χ0n) is 24.1. The van der Waals surface area contributed by atoms with Crippen LogP contribution in [-0.4, -0.2) is 43.3 Å². The Morgan fingerprint density at radius 1 is 0.889 bits per heavy atom. The van der Waals surface area contributed by atoms with Gasteiger partial charge in [0.1, 0.15) is 5.54 Å². The standard InChI is InChI=1S/C37H26Cl2N4OS/c38-21-11-9-20(10-12-21)31-30-18-45-19-43(30)37(36(31)16-15-23-25-17-22(39)13-14-27(25)40-33(23)35(36)44)26-6-2-1-5-24(26)32-34(37)42-29-8-4-3-7-28(29)41-32/h1-14,17,30-31,40H,15-16,18-19H2/t30?,31-,36+,37?/m0/s1. The van der Waals surface area contributed by atoms with E-state index in [0.717, 1.165) is 73.6 Å². The second-order valence-electron chi connectivity index (χ2n) is 12.7. The molecule has 4 aliphatic rings. The third kappa shape index (κ3) is 3.19. The number of Topliss-reactive ketones (excluding diaryl/α,β-unsaturated/α-hetero) is 1. The highest BCUT2D eigenvalue weighted by atomic mass is 35.5. The van der Waals surface area contributed by atoms with Gasteiger partial charge in [0.2, 0.25) is 0 Å². The zero-order chi connectivity index (χ0) is 30.1. The Morgan fingerprint density at radius 2 is 1.64 bits per heavy atom. The quantitative estimate of drug-likeness (QED) is 0.194. The Balaban J connectivity index is 1.35. The number of carbonyl (C=O) groups is 1. The minimum atomic E-state index is -0.858. The molecule has 1 N–H and O–H groups in total. The number of halogens is 2. The molecule has 2 unspecified atom stereocenters. The lowest BCUT2D eigenvalue weighted by atomic mass is 9.53. The van der Waals surface area contributed by atoms with Gasteiger partial charge in [-0.15, -0.1) is 11.8 Å². The molecule has 5 nitrogen and oxygen atoms in total. The number of benzene rings is 4. The van der Waals surface area contributed by atoms with Crippen LogP contribution in [0.15, 0.2) is 91.0 Å². The fourth-order valence-corrected chi connectivity index (χ4v) is 11.0. The van der Waals surface area contributed by atoms with Crippen molar-refractivity contribution in [1.29, 1.82) is 0 Å². The third-order valence-electron chi connectivity index (χ3n) is 10.9. The van der Waals surface area contributed by atoms with Crippen molar-refractivity contribution in [2.24, 2.45) is 5.41 Å². The number of H-pyrrole nitrogens is 1. The van der Waals surface area contributed by atoms with Crippen LogP contribution in [0, 0.1) is 5.41 Å². The lowest BCUT2D eigenvalue weighted by Gasteiger charge is -2.50. The van der Waals surface area contributed by atoms with E-state index in [1.807, 2.05) is 66.4 Å². The number of carbonyl (C=O) groups excluding carboxylic acids is 1. The summed E-state index contributed by atoms with van der Waals surface area (Å²) in [6, 6.07) is 30.9. The molecule has 45 heavy (non-hydrogen) atoms. The molecule has 2 aliphatic heterocycles. The van der Waals surface area contributed by atoms with Crippen LogP contribution in [0.1, 0.15) is 45.2 Å². The molecule has 4 aromatic carbocycles. The van der Waals surface area contributed by atoms with Crippen molar-refractivity contribution in [3.63, 3.8) is 0 Å². The van der Waals surface area contributed by atoms with Gasteiger partial charge in [-0.05, 0) is 72.0 Å². The maximum absolute atomic E-state index is 15.8. The Labute approximate surface area is 274 Å². The van der Waals surface area contributed by atoms with E-state index in [-0.39, 0.29) is 17.7 Å². The number of nitrogens with one attached hydrogen (secondary N) is 1. The molecule has 2 spiro atoms. The van der Waals surface area contributed by atoms with Crippen molar-refractivity contribution in [2.75, 3.05) is 11.6 Å². The summed E-state index contributed by atoms with van der Waals surface area (Å²) in [5, 5.41) is 2.40. The fourth-order valence-electron chi connectivity index (χ4n) is 9.35. The summed E-state index contributed by atoms with van der Waals surface area (Å²) in [4.78, 5) is 32.8. The van der Waals surface area contributed by atoms with Crippen molar-refractivity contribution in [3.8, 4) is 11.3 Å². The molecule has 2 aromatic heterocycles. The zero-order valence-corrected chi connectivity index (χ0v) is 26.4. The number of ketones is 1. The van der Waals surface area contributed by atoms with Gasteiger partial charge < -0.3 is 4.98 Å².